The zero-order chi connectivity index (χ0) is 12.3. The smallest absolute Gasteiger partial charge is 0.258 e. The maximum Gasteiger partial charge on any atom is 0.258 e. The number of amides is 1. The maximum atomic E-state index is 11.8. The number of anilines is 1. The summed E-state index contributed by atoms with van der Waals surface area (Å²) >= 11 is 11.5. The van der Waals surface area contributed by atoms with Crippen LogP contribution < -0.4 is 5.32 Å². The van der Waals surface area contributed by atoms with Crippen LogP contribution >= 0.6 is 23.2 Å². The summed E-state index contributed by atoms with van der Waals surface area (Å²) in [5.41, 5.74) is 0.379. The van der Waals surface area contributed by atoms with E-state index in [0.29, 0.717) is 16.4 Å². The van der Waals surface area contributed by atoms with Gasteiger partial charge >= 0.3 is 0 Å². The fraction of sp³-hybridized carbons (Fsp3) is 0. The van der Waals surface area contributed by atoms with E-state index < -0.39 is 0 Å². The fourth-order valence-corrected chi connectivity index (χ4v) is 1.60. The van der Waals surface area contributed by atoms with Crippen molar-refractivity contribution in [2.24, 2.45) is 0 Å². The van der Waals surface area contributed by atoms with E-state index in [4.69, 9.17) is 23.2 Å². The van der Waals surface area contributed by atoms with Crippen molar-refractivity contribution in [3.05, 3.63) is 52.4 Å². The Morgan fingerprint density at radius 2 is 1.94 bits per heavy atom. The van der Waals surface area contributed by atoms with Gasteiger partial charge in [0.05, 0.1) is 10.6 Å². The number of carbonyl (C=O) groups excluding carboxylic acids is 1. The normalized spacial score (nSPS) is 10.0. The Hall–Kier alpha value is -1.65. The average Bonchev–Trinajstić information content (AvgIpc) is 2.29. The fourth-order valence-electron chi connectivity index (χ4n) is 1.23. The summed E-state index contributed by atoms with van der Waals surface area (Å²) in [5.74, 6) is -0.0136. The van der Waals surface area contributed by atoms with Gasteiger partial charge in [-0.15, -0.1) is 0 Å². The highest BCUT2D eigenvalue weighted by atomic mass is 35.5. The molecule has 0 unspecified atom stereocenters. The number of nitrogens with zero attached hydrogens (tertiary/aromatic N) is 2. The van der Waals surface area contributed by atoms with E-state index in [1.165, 1.54) is 6.20 Å². The largest absolute Gasteiger partial charge is 0.306 e. The zero-order valence-electron chi connectivity index (χ0n) is 8.52. The van der Waals surface area contributed by atoms with Gasteiger partial charge < -0.3 is 5.32 Å². The van der Waals surface area contributed by atoms with Crippen molar-refractivity contribution in [3.63, 3.8) is 0 Å². The zero-order valence-corrected chi connectivity index (χ0v) is 10.0. The Kier molecular flexibility index (Phi) is 3.56. The Morgan fingerprint density at radius 1 is 1.18 bits per heavy atom. The van der Waals surface area contributed by atoms with Gasteiger partial charge in [-0.3, -0.25) is 4.79 Å². The van der Waals surface area contributed by atoms with Crippen molar-refractivity contribution in [2.45, 2.75) is 0 Å². The first-order valence-electron chi connectivity index (χ1n) is 4.71. The van der Waals surface area contributed by atoms with Crippen LogP contribution in [-0.2, 0) is 0 Å². The lowest BCUT2D eigenvalue weighted by atomic mass is 10.2. The number of rotatable bonds is 2. The summed E-state index contributed by atoms with van der Waals surface area (Å²) in [4.78, 5) is 19.4. The summed E-state index contributed by atoms with van der Waals surface area (Å²) in [5, 5.41) is 3.03. The summed E-state index contributed by atoms with van der Waals surface area (Å²) < 4.78 is 0. The molecular formula is C11H7Cl2N3O. The van der Waals surface area contributed by atoms with E-state index in [9.17, 15) is 4.79 Å². The first kappa shape index (κ1) is 11.8. The molecule has 0 aliphatic heterocycles. The quantitative estimate of drug-likeness (QED) is 0.851. The lowest BCUT2D eigenvalue weighted by Crippen LogP contribution is -2.13. The van der Waals surface area contributed by atoms with Crippen molar-refractivity contribution < 1.29 is 4.79 Å². The molecule has 1 amide bonds. The highest BCUT2D eigenvalue weighted by Gasteiger charge is 2.10. The molecule has 6 heteroatoms. The van der Waals surface area contributed by atoms with Crippen molar-refractivity contribution in [2.75, 3.05) is 5.32 Å². The number of hydrogen-bond donors (Lipinski definition) is 1. The van der Waals surface area contributed by atoms with Crippen LogP contribution in [0.25, 0.3) is 0 Å². The van der Waals surface area contributed by atoms with Crippen LogP contribution in [0.4, 0.5) is 5.82 Å². The average molecular weight is 268 g/mol. The minimum Gasteiger partial charge on any atom is -0.306 e. The van der Waals surface area contributed by atoms with Crippen molar-refractivity contribution in [1.29, 1.82) is 0 Å². The summed E-state index contributed by atoms with van der Waals surface area (Å²) in [6.07, 6.45) is 1.46. The molecule has 0 spiro atoms. The lowest BCUT2D eigenvalue weighted by Gasteiger charge is -2.05. The van der Waals surface area contributed by atoms with Crippen LogP contribution in [-0.4, -0.2) is 15.9 Å². The Balaban J connectivity index is 2.20. The predicted octanol–water partition coefficient (Wildman–Crippen LogP) is 3.04. The number of hydrogen-bond acceptors (Lipinski definition) is 3. The van der Waals surface area contributed by atoms with E-state index in [1.807, 2.05) is 0 Å². The van der Waals surface area contributed by atoms with Gasteiger partial charge in [0.1, 0.15) is 5.82 Å². The molecule has 0 radical (unpaired) electrons. The summed E-state index contributed by atoms with van der Waals surface area (Å²) in [7, 11) is 0. The van der Waals surface area contributed by atoms with Gasteiger partial charge in [-0.2, -0.15) is 0 Å². The third-order valence-electron chi connectivity index (χ3n) is 1.99. The SMILES string of the molecule is O=C(Nc1ccnc(Cl)n1)c1ccccc1Cl. The topological polar surface area (TPSA) is 54.9 Å². The molecule has 1 heterocycles. The first-order valence-corrected chi connectivity index (χ1v) is 5.47. The third-order valence-corrected chi connectivity index (χ3v) is 2.50. The molecule has 0 saturated heterocycles. The molecule has 0 aliphatic rings. The monoisotopic (exact) mass is 267 g/mol. The number of nitrogens with one attached hydrogen (secondary N) is 1. The van der Waals surface area contributed by atoms with Crippen LogP contribution in [0.1, 0.15) is 10.4 Å². The van der Waals surface area contributed by atoms with E-state index in [2.05, 4.69) is 15.3 Å². The third kappa shape index (κ3) is 2.93. The number of halogens is 2. The van der Waals surface area contributed by atoms with Crippen molar-refractivity contribution in [1.82, 2.24) is 9.97 Å². The summed E-state index contributed by atoms with van der Waals surface area (Å²) in [6, 6.07) is 8.29. The molecule has 17 heavy (non-hydrogen) atoms. The van der Waals surface area contributed by atoms with Crippen LogP contribution in [0, 0.1) is 0 Å². The minimum atomic E-state index is -0.342. The van der Waals surface area contributed by atoms with Gasteiger partial charge in [-0.05, 0) is 29.8 Å². The summed E-state index contributed by atoms with van der Waals surface area (Å²) in [6.45, 7) is 0. The molecule has 1 aromatic carbocycles. The molecule has 2 rings (SSSR count). The second-order valence-corrected chi connectivity index (χ2v) is 3.89. The Morgan fingerprint density at radius 3 is 2.65 bits per heavy atom. The highest BCUT2D eigenvalue weighted by Crippen LogP contribution is 2.16. The number of benzene rings is 1. The lowest BCUT2D eigenvalue weighted by molar-refractivity contribution is 0.102. The van der Waals surface area contributed by atoms with E-state index in [1.54, 1.807) is 30.3 Å². The molecule has 0 saturated carbocycles. The molecular weight excluding hydrogens is 261 g/mol. The van der Waals surface area contributed by atoms with Crippen LogP contribution in [0.5, 0.6) is 0 Å². The second kappa shape index (κ2) is 5.12. The van der Waals surface area contributed by atoms with Gasteiger partial charge in [0.15, 0.2) is 0 Å². The predicted molar refractivity (Wildman–Crippen MR) is 66.4 cm³/mol. The van der Waals surface area contributed by atoms with E-state index in [-0.39, 0.29) is 11.2 Å². The number of carbonyl (C=O) groups is 1. The van der Waals surface area contributed by atoms with Gasteiger partial charge in [-0.25, -0.2) is 9.97 Å². The minimum absolute atomic E-state index is 0.0713. The molecule has 0 fully saturated rings. The van der Waals surface area contributed by atoms with Crippen LogP contribution in [0.15, 0.2) is 36.5 Å². The molecule has 4 nitrogen and oxygen atoms in total. The van der Waals surface area contributed by atoms with Crippen molar-refractivity contribution >= 4 is 34.9 Å². The standard InChI is InChI=1S/C11H7Cl2N3O/c12-8-4-2-1-3-7(8)10(17)15-9-5-6-14-11(13)16-9/h1-6H,(H,14,15,16,17). The molecule has 86 valence electrons. The molecule has 0 bridgehead atoms. The molecule has 0 atom stereocenters. The Labute approximate surface area is 108 Å². The van der Waals surface area contributed by atoms with Crippen molar-refractivity contribution in [3.8, 4) is 0 Å². The van der Waals surface area contributed by atoms with Crippen LogP contribution in [0.2, 0.25) is 10.3 Å². The Bertz CT molecular complexity index is 560. The second-order valence-electron chi connectivity index (χ2n) is 3.14. The van der Waals surface area contributed by atoms with Gasteiger partial charge in [0.25, 0.3) is 5.91 Å². The van der Waals surface area contributed by atoms with E-state index in [0.717, 1.165) is 0 Å². The number of aromatic nitrogens is 2. The molecule has 1 aromatic heterocycles. The first-order chi connectivity index (χ1) is 8.16. The van der Waals surface area contributed by atoms with Gasteiger partial charge in [0, 0.05) is 6.20 Å². The molecule has 0 aliphatic carbocycles. The van der Waals surface area contributed by atoms with Gasteiger partial charge in [-0.1, -0.05) is 23.7 Å². The van der Waals surface area contributed by atoms with E-state index >= 15 is 0 Å². The van der Waals surface area contributed by atoms with Gasteiger partial charge in [0.2, 0.25) is 5.28 Å². The molecule has 2 aromatic rings. The molecule has 1 N–H and O–H groups in total. The maximum absolute atomic E-state index is 11.8. The highest BCUT2D eigenvalue weighted by molar-refractivity contribution is 6.34. The van der Waals surface area contributed by atoms with Crippen LogP contribution in [0.3, 0.4) is 0 Å².